The van der Waals surface area contributed by atoms with Crippen molar-refractivity contribution in [2.24, 2.45) is 0 Å². The van der Waals surface area contributed by atoms with Crippen LogP contribution in [-0.4, -0.2) is 13.1 Å². The van der Waals surface area contributed by atoms with Gasteiger partial charge in [-0.25, -0.2) is 4.79 Å². The number of carbonyl (C=O) groups excluding carboxylic acids is 1. The summed E-state index contributed by atoms with van der Waals surface area (Å²) < 4.78 is 4.67. The highest BCUT2D eigenvalue weighted by Crippen LogP contribution is 2.25. The Bertz CT molecular complexity index is 594. The fourth-order valence-corrected chi connectivity index (χ4v) is 2.16. The van der Waals surface area contributed by atoms with E-state index in [1.165, 1.54) is 7.11 Å². The van der Waals surface area contributed by atoms with Crippen molar-refractivity contribution in [1.82, 2.24) is 0 Å². The average molecular weight is 296 g/mol. The summed E-state index contributed by atoms with van der Waals surface area (Å²) in [6.07, 6.45) is 0. The Hall–Kier alpha value is -1.71. The largest absolute Gasteiger partial charge is 0.465 e. The molecule has 0 aromatic heterocycles. The van der Waals surface area contributed by atoms with Crippen LogP contribution in [0.15, 0.2) is 42.5 Å². The molecule has 0 aliphatic carbocycles. The number of halogens is 2. The number of carbonyl (C=O) groups is 1. The van der Waals surface area contributed by atoms with Gasteiger partial charge in [-0.15, -0.1) is 0 Å². The number of nitrogens with one attached hydrogen (secondary N) is 1. The Balaban J connectivity index is 2.25. The first-order valence-electron chi connectivity index (χ1n) is 5.50. The number of methoxy groups -OCH3 is 1. The molecule has 0 heterocycles. The third kappa shape index (κ3) is 3.63. The molecule has 5 heteroatoms. The minimum absolute atomic E-state index is 0.382. The summed E-state index contributed by atoms with van der Waals surface area (Å²) in [6.45, 7) is 0. The van der Waals surface area contributed by atoms with Crippen molar-refractivity contribution >= 4 is 40.5 Å². The standard InChI is InChI=1S/C14H11Cl2NO2/c1-19-14(18)9-3-2-4-12(5-9)17-13-7-10(15)6-11(16)8-13/h2-8,17H,1H3. The van der Waals surface area contributed by atoms with Gasteiger partial charge in [0.15, 0.2) is 0 Å². The zero-order valence-corrected chi connectivity index (χ0v) is 11.6. The molecule has 3 nitrogen and oxygen atoms in total. The number of ether oxygens (including phenoxy) is 1. The van der Waals surface area contributed by atoms with Gasteiger partial charge in [-0.05, 0) is 36.4 Å². The van der Waals surface area contributed by atoms with Crippen LogP contribution in [0.3, 0.4) is 0 Å². The number of hydrogen-bond acceptors (Lipinski definition) is 3. The second-order valence-corrected chi connectivity index (χ2v) is 4.73. The summed E-state index contributed by atoms with van der Waals surface area (Å²) in [6, 6.07) is 12.1. The first kappa shape index (κ1) is 13.7. The molecule has 0 spiro atoms. The second-order valence-electron chi connectivity index (χ2n) is 3.86. The molecule has 0 atom stereocenters. The predicted octanol–water partition coefficient (Wildman–Crippen LogP) is 4.52. The molecule has 0 saturated heterocycles. The van der Waals surface area contributed by atoms with Crippen LogP contribution in [0.2, 0.25) is 10.0 Å². The summed E-state index contributed by atoms with van der Waals surface area (Å²) in [5.41, 5.74) is 1.97. The molecule has 2 aromatic rings. The molecule has 0 bridgehead atoms. The number of benzene rings is 2. The fourth-order valence-electron chi connectivity index (χ4n) is 1.63. The molecular formula is C14H11Cl2NO2. The van der Waals surface area contributed by atoms with E-state index >= 15 is 0 Å². The van der Waals surface area contributed by atoms with Gasteiger partial charge in [0.2, 0.25) is 0 Å². The van der Waals surface area contributed by atoms with Crippen LogP contribution in [-0.2, 0) is 4.74 Å². The van der Waals surface area contributed by atoms with Crippen molar-refractivity contribution < 1.29 is 9.53 Å². The van der Waals surface area contributed by atoms with Gasteiger partial charge in [-0.3, -0.25) is 0 Å². The van der Waals surface area contributed by atoms with E-state index in [2.05, 4.69) is 10.1 Å². The van der Waals surface area contributed by atoms with Gasteiger partial charge in [-0.1, -0.05) is 29.3 Å². The lowest BCUT2D eigenvalue weighted by atomic mass is 10.2. The van der Waals surface area contributed by atoms with Crippen LogP contribution in [0.4, 0.5) is 11.4 Å². The fraction of sp³-hybridized carbons (Fsp3) is 0.0714. The molecular weight excluding hydrogens is 285 g/mol. The Kier molecular flexibility index (Phi) is 4.30. The van der Waals surface area contributed by atoms with Crippen LogP contribution < -0.4 is 5.32 Å². The van der Waals surface area contributed by atoms with Gasteiger partial charge >= 0.3 is 5.97 Å². The number of hydrogen-bond donors (Lipinski definition) is 1. The SMILES string of the molecule is COC(=O)c1cccc(Nc2cc(Cl)cc(Cl)c2)c1. The summed E-state index contributed by atoms with van der Waals surface area (Å²) in [7, 11) is 1.35. The van der Waals surface area contributed by atoms with Crippen LogP contribution in [0, 0.1) is 0 Å². The van der Waals surface area contributed by atoms with Crippen LogP contribution in [0.25, 0.3) is 0 Å². The van der Waals surface area contributed by atoms with E-state index in [-0.39, 0.29) is 5.97 Å². The Morgan fingerprint density at radius 1 is 1.05 bits per heavy atom. The van der Waals surface area contributed by atoms with E-state index in [9.17, 15) is 4.79 Å². The molecule has 0 amide bonds. The monoisotopic (exact) mass is 295 g/mol. The lowest BCUT2D eigenvalue weighted by Crippen LogP contribution is -2.01. The average Bonchev–Trinajstić information content (AvgIpc) is 2.37. The molecule has 98 valence electrons. The smallest absolute Gasteiger partial charge is 0.337 e. The first-order chi connectivity index (χ1) is 9.08. The van der Waals surface area contributed by atoms with Gasteiger partial charge in [0, 0.05) is 21.4 Å². The molecule has 0 unspecified atom stereocenters. The number of anilines is 2. The van der Waals surface area contributed by atoms with E-state index < -0.39 is 0 Å². The van der Waals surface area contributed by atoms with Crippen molar-refractivity contribution in [3.63, 3.8) is 0 Å². The minimum Gasteiger partial charge on any atom is -0.465 e. The molecule has 0 fully saturated rings. The zero-order valence-electron chi connectivity index (χ0n) is 10.1. The molecule has 2 rings (SSSR count). The van der Waals surface area contributed by atoms with Crippen molar-refractivity contribution in [3.8, 4) is 0 Å². The molecule has 2 aromatic carbocycles. The minimum atomic E-state index is -0.382. The summed E-state index contributed by atoms with van der Waals surface area (Å²) in [5, 5.41) is 4.21. The molecule has 0 saturated carbocycles. The molecule has 0 aliphatic heterocycles. The highest BCUT2D eigenvalue weighted by atomic mass is 35.5. The Labute approximate surface area is 121 Å². The third-order valence-corrected chi connectivity index (χ3v) is 2.87. The molecule has 0 aliphatic rings. The lowest BCUT2D eigenvalue weighted by molar-refractivity contribution is 0.0601. The van der Waals surface area contributed by atoms with E-state index in [1.807, 2.05) is 6.07 Å². The predicted molar refractivity (Wildman–Crippen MR) is 77.5 cm³/mol. The normalized spacial score (nSPS) is 10.1. The molecule has 1 N–H and O–H groups in total. The van der Waals surface area contributed by atoms with E-state index in [0.29, 0.717) is 15.6 Å². The number of esters is 1. The van der Waals surface area contributed by atoms with Crippen molar-refractivity contribution in [2.45, 2.75) is 0 Å². The van der Waals surface area contributed by atoms with Crippen LogP contribution in [0.5, 0.6) is 0 Å². The van der Waals surface area contributed by atoms with E-state index in [0.717, 1.165) is 11.4 Å². The van der Waals surface area contributed by atoms with Crippen molar-refractivity contribution in [3.05, 3.63) is 58.1 Å². The molecule has 19 heavy (non-hydrogen) atoms. The van der Waals surface area contributed by atoms with Gasteiger partial charge in [-0.2, -0.15) is 0 Å². The van der Waals surface area contributed by atoms with Gasteiger partial charge in [0.05, 0.1) is 12.7 Å². The van der Waals surface area contributed by atoms with Gasteiger partial charge in [0.25, 0.3) is 0 Å². The highest BCUT2D eigenvalue weighted by Gasteiger charge is 2.06. The summed E-state index contributed by atoms with van der Waals surface area (Å²) in [4.78, 5) is 11.4. The highest BCUT2D eigenvalue weighted by molar-refractivity contribution is 6.35. The topological polar surface area (TPSA) is 38.3 Å². The van der Waals surface area contributed by atoms with E-state index in [4.69, 9.17) is 23.2 Å². The summed E-state index contributed by atoms with van der Waals surface area (Å²) >= 11 is 11.8. The molecule has 0 radical (unpaired) electrons. The maximum atomic E-state index is 11.4. The number of rotatable bonds is 3. The maximum absolute atomic E-state index is 11.4. The van der Waals surface area contributed by atoms with Crippen molar-refractivity contribution in [2.75, 3.05) is 12.4 Å². The van der Waals surface area contributed by atoms with E-state index in [1.54, 1.807) is 36.4 Å². The van der Waals surface area contributed by atoms with Crippen LogP contribution >= 0.6 is 23.2 Å². The van der Waals surface area contributed by atoms with Crippen molar-refractivity contribution in [1.29, 1.82) is 0 Å². The Morgan fingerprint density at radius 2 is 1.74 bits per heavy atom. The quantitative estimate of drug-likeness (QED) is 0.846. The van der Waals surface area contributed by atoms with Gasteiger partial charge in [0.1, 0.15) is 0 Å². The zero-order chi connectivity index (χ0) is 13.8. The van der Waals surface area contributed by atoms with Gasteiger partial charge < -0.3 is 10.1 Å². The Morgan fingerprint density at radius 3 is 2.37 bits per heavy atom. The lowest BCUT2D eigenvalue weighted by Gasteiger charge is -2.08. The first-order valence-corrected chi connectivity index (χ1v) is 6.25. The maximum Gasteiger partial charge on any atom is 0.337 e. The summed E-state index contributed by atoms with van der Waals surface area (Å²) in [5.74, 6) is -0.382. The van der Waals surface area contributed by atoms with Crippen LogP contribution in [0.1, 0.15) is 10.4 Å². The second kappa shape index (κ2) is 5.95. The third-order valence-electron chi connectivity index (χ3n) is 2.43.